The van der Waals surface area contributed by atoms with Crippen molar-refractivity contribution in [1.29, 1.82) is 0 Å². The molecule has 0 amide bonds. The first-order valence-corrected chi connectivity index (χ1v) is 17.5. The van der Waals surface area contributed by atoms with Gasteiger partial charge in [-0.2, -0.15) is 0 Å². The van der Waals surface area contributed by atoms with Crippen LogP contribution in [0.4, 0.5) is 0 Å². The van der Waals surface area contributed by atoms with Gasteiger partial charge in [0.25, 0.3) is 0 Å². The molecular weight excluding hydrogens is 611 g/mol. The van der Waals surface area contributed by atoms with Crippen molar-refractivity contribution in [3.63, 3.8) is 0 Å². The third kappa shape index (κ3) is 4.49. The molecule has 2 heteroatoms. The van der Waals surface area contributed by atoms with Crippen molar-refractivity contribution < 1.29 is 0 Å². The van der Waals surface area contributed by atoms with Crippen LogP contribution in [0.15, 0.2) is 176 Å². The predicted molar refractivity (Wildman–Crippen MR) is 211 cm³/mol. The van der Waals surface area contributed by atoms with Crippen molar-refractivity contribution in [2.24, 2.45) is 0 Å². The van der Waals surface area contributed by atoms with E-state index < -0.39 is 0 Å². The Morgan fingerprint density at radius 3 is 1.61 bits per heavy atom. The van der Waals surface area contributed by atoms with Crippen LogP contribution in [0.2, 0.25) is 0 Å². The highest BCUT2D eigenvalue weighted by atomic mass is 32.1. The fourth-order valence-corrected chi connectivity index (χ4v) is 8.94. The maximum atomic E-state index is 5.16. The average Bonchev–Trinajstić information content (AvgIpc) is 3.57. The number of thiophene rings is 1. The van der Waals surface area contributed by atoms with Gasteiger partial charge in [0.05, 0.1) is 5.69 Å². The van der Waals surface area contributed by atoms with Gasteiger partial charge in [0.15, 0.2) is 0 Å². The number of hydrogen-bond donors (Lipinski definition) is 0. The Morgan fingerprint density at radius 2 is 0.939 bits per heavy atom. The summed E-state index contributed by atoms with van der Waals surface area (Å²) in [5, 5.41) is 10.1. The second kappa shape index (κ2) is 11.3. The van der Waals surface area contributed by atoms with Crippen LogP contribution in [0, 0.1) is 0 Å². The van der Waals surface area contributed by atoms with Crippen molar-refractivity contribution in [2.75, 3.05) is 0 Å². The van der Waals surface area contributed by atoms with Gasteiger partial charge in [-0.15, -0.1) is 11.3 Å². The lowest BCUT2D eigenvalue weighted by Crippen LogP contribution is -1.92. The largest absolute Gasteiger partial charge is 0.256 e. The second-order valence-corrected chi connectivity index (χ2v) is 13.7. The highest BCUT2D eigenvalue weighted by molar-refractivity contribution is 7.26. The highest BCUT2D eigenvalue weighted by Crippen LogP contribution is 2.45. The molecule has 0 fully saturated rings. The lowest BCUT2D eigenvalue weighted by Gasteiger charge is -2.18. The number of aromatic nitrogens is 1. The molecule has 2 heterocycles. The first kappa shape index (κ1) is 28.0. The first-order chi connectivity index (χ1) is 24.3. The highest BCUT2D eigenvalue weighted by Gasteiger charge is 2.18. The molecular formula is C47H29NS. The van der Waals surface area contributed by atoms with Crippen LogP contribution < -0.4 is 0 Å². The van der Waals surface area contributed by atoms with Gasteiger partial charge in [0.1, 0.15) is 0 Å². The number of benzene rings is 8. The molecule has 10 aromatic rings. The molecule has 0 unspecified atom stereocenters. The number of fused-ring (bicyclic) bond motifs is 7. The summed E-state index contributed by atoms with van der Waals surface area (Å²) >= 11 is 1.87. The molecule has 49 heavy (non-hydrogen) atoms. The van der Waals surface area contributed by atoms with E-state index >= 15 is 0 Å². The average molecular weight is 640 g/mol. The van der Waals surface area contributed by atoms with E-state index in [0.717, 1.165) is 11.3 Å². The predicted octanol–water partition coefficient (Wildman–Crippen LogP) is 13.6. The summed E-state index contributed by atoms with van der Waals surface area (Å²) in [6, 6.07) is 61.5. The van der Waals surface area contributed by atoms with Gasteiger partial charge in [-0.3, -0.25) is 4.98 Å². The van der Waals surface area contributed by atoms with Crippen molar-refractivity contribution in [3.05, 3.63) is 176 Å². The van der Waals surface area contributed by atoms with E-state index in [2.05, 4.69) is 176 Å². The van der Waals surface area contributed by atoms with Crippen molar-refractivity contribution in [3.8, 4) is 44.6 Å². The van der Waals surface area contributed by atoms with Gasteiger partial charge in [-0.1, -0.05) is 158 Å². The minimum atomic E-state index is 0.992. The second-order valence-electron chi connectivity index (χ2n) is 12.7. The minimum absolute atomic E-state index is 0.992. The van der Waals surface area contributed by atoms with Gasteiger partial charge in [0, 0.05) is 37.5 Å². The van der Waals surface area contributed by atoms with Gasteiger partial charge >= 0.3 is 0 Å². The standard InChI is InChI=1S/C47H29NS/c1-2-11-30(12-3-1)31-21-23-33(24-22-31)44-36-15-6-8-17-38(36)45(39-18-9-7-16-37(39)44)34-26-28-42(48-29-34)40-19-10-20-43-46(40)41-27-25-32-13-4-5-14-35(32)47(41)49-43/h1-29H. The van der Waals surface area contributed by atoms with Crippen LogP contribution >= 0.6 is 11.3 Å². The number of nitrogens with zero attached hydrogens (tertiary/aromatic N) is 1. The maximum absolute atomic E-state index is 5.16. The molecule has 0 aliphatic carbocycles. The van der Waals surface area contributed by atoms with E-state index in [1.165, 1.54) is 85.9 Å². The Bertz CT molecular complexity index is 2790. The van der Waals surface area contributed by atoms with E-state index in [4.69, 9.17) is 4.98 Å². The monoisotopic (exact) mass is 639 g/mol. The molecule has 0 spiro atoms. The van der Waals surface area contributed by atoms with Crippen molar-refractivity contribution >= 4 is 63.8 Å². The number of rotatable bonds is 4. The molecule has 2 aromatic heterocycles. The maximum Gasteiger partial charge on any atom is 0.0709 e. The van der Waals surface area contributed by atoms with Crippen molar-refractivity contribution in [2.45, 2.75) is 0 Å². The fourth-order valence-electron chi connectivity index (χ4n) is 7.68. The molecule has 0 aliphatic rings. The van der Waals surface area contributed by atoms with Gasteiger partial charge in [-0.05, 0) is 72.3 Å². The topological polar surface area (TPSA) is 12.9 Å². The van der Waals surface area contributed by atoms with Crippen LogP contribution in [-0.4, -0.2) is 4.98 Å². The van der Waals surface area contributed by atoms with Crippen LogP contribution in [0.5, 0.6) is 0 Å². The zero-order chi connectivity index (χ0) is 32.3. The molecule has 8 aromatic carbocycles. The molecule has 0 radical (unpaired) electrons. The van der Waals surface area contributed by atoms with Gasteiger partial charge < -0.3 is 0 Å². The Morgan fingerprint density at radius 1 is 0.367 bits per heavy atom. The number of pyridine rings is 1. The molecule has 0 saturated heterocycles. The smallest absolute Gasteiger partial charge is 0.0709 e. The Kier molecular flexibility index (Phi) is 6.43. The summed E-state index contributed by atoms with van der Waals surface area (Å²) < 4.78 is 2.63. The zero-order valence-electron chi connectivity index (χ0n) is 26.6. The van der Waals surface area contributed by atoms with Crippen LogP contribution in [-0.2, 0) is 0 Å². The Balaban J connectivity index is 1.13. The molecule has 0 N–H and O–H groups in total. The summed E-state index contributed by atoms with van der Waals surface area (Å²) in [6.07, 6.45) is 2.07. The van der Waals surface area contributed by atoms with E-state index in [1.54, 1.807) is 0 Å². The Labute approximate surface area is 288 Å². The van der Waals surface area contributed by atoms with Crippen LogP contribution in [0.25, 0.3) is 97.1 Å². The Hall–Kier alpha value is -6.09. The molecule has 0 bridgehead atoms. The fraction of sp³-hybridized carbons (Fsp3) is 0. The summed E-state index contributed by atoms with van der Waals surface area (Å²) in [7, 11) is 0. The van der Waals surface area contributed by atoms with E-state index in [9.17, 15) is 0 Å². The van der Waals surface area contributed by atoms with E-state index in [1.807, 2.05) is 11.3 Å². The quantitative estimate of drug-likeness (QED) is 0.175. The molecule has 0 aliphatic heterocycles. The molecule has 10 rings (SSSR count). The van der Waals surface area contributed by atoms with E-state index in [0.29, 0.717) is 0 Å². The zero-order valence-corrected chi connectivity index (χ0v) is 27.4. The van der Waals surface area contributed by atoms with Crippen molar-refractivity contribution in [1.82, 2.24) is 4.98 Å². The SMILES string of the molecule is c1ccc(-c2ccc(-c3c4ccccc4c(-c4ccc(-c5cccc6sc7c8ccccc8ccc7c56)nc4)c4ccccc34)cc2)cc1. The number of hydrogen-bond acceptors (Lipinski definition) is 2. The molecule has 228 valence electrons. The third-order valence-electron chi connectivity index (χ3n) is 9.93. The lowest BCUT2D eigenvalue weighted by atomic mass is 9.86. The minimum Gasteiger partial charge on any atom is -0.256 e. The normalized spacial score (nSPS) is 11.7. The first-order valence-electron chi connectivity index (χ1n) is 16.7. The molecule has 1 nitrogen and oxygen atoms in total. The summed E-state index contributed by atoms with van der Waals surface area (Å²) in [4.78, 5) is 5.16. The molecule has 0 saturated carbocycles. The third-order valence-corrected chi connectivity index (χ3v) is 11.1. The van der Waals surface area contributed by atoms with Crippen LogP contribution in [0.1, 0.15) is 0 Å². The molecule has 0 atom stereocenters. The van der Waals surface area contributed by atoms with Gasteiger partial charge in [0.2, 0.25) is 0 Å². The van der Waals surface area contributed by atoms with Crippen LogP contribution in [0.3, 0.4) is 0 Å². The lowest BCUT2D eigenvalue weighted by molar-refractivity contribution is 1.34. The van der Waals surface area contributed by atoms with Gasteiger partial charge in [-0.25, -0.2) is 0 Å². The summed E-state index contributed by atoms with van der Waals surface area (Å²) in [6.45, 7) is 0. The summed E-state index contributed by atoms with van der Waals surface area (Å²) in [5.41, 5.74) is 9.45. The summed E-state index contributed by atoms with van der Waals surface area (Å²) in [5.74, 6) is 0. The van der Waals surface area contributed by atoms with E-state index in [-0.39, 0.29) is 0 Å².